The van der Waals surface area contributed by atoms with E-state index in [9.17, 15) is 0 Å². The lowest BCUT2D eigenvalue weighted by molar-refractivity contribution is 0.680. The second kappa shape index (κ2) is 14.1. The van der Waals surface area contributed by atoms with Crippen LogP contribution in [0.2, 0.25) is 0 Å². The summed E-state index contributed by atoms with van der Waals surface area (Å²) in [5, 5.41) is 0. The van der Waals surface area contributed by atoms with Crippen molar-refractivity contribution in [3.8, 4) is 68.1 Å². The lowest BCUT2D eigenvalue weighted by atomic mass is 9.65. The third-order valence-corrected chi connectivity index (χ3v) is 11.3. The van der Waals surface area contributed by atoms with Crippen LogP contribution in [0.4, 0.5) is 0 Å². The van der Waals surface area contributed by atoms with Gasteiger partial charge in [-0.2, -0.15) is 0 Å². The van der Waals surface area contributed by atoms with Crippen LogP contribution in [0.5, 0.6) is 0 Å². The largest absolute Gasteiger partial charge is 0.241 e. The molecule has 0 spiro atoms. The van der Waals surface area contributed by atoms with Gasteiger partial charge in [-0.05, 0) is 57.7 Å². The van der Waals surface area contributed by atoms with Crippen molar-refractivity contribution in [2.75, 3.05) is 0 Å². The number of pyridine rings is 1. The topological polar surface area (TPSA) is 64.5 Å². The summed E-state index contributed by atoms with van der Waals surface area (Å²) in [6, 6.07) is 56.1. The predicted molar refractivity (Wildman–Crippen MR) is 235 cm³/mol. The van der Waals surface area contributed by atoms with E-state index in [1.807, 2.05) is 72.8 Å². The normalized spacial score (nSPS) is 16.0. The van der Waals surface area contributed by atoms with Crippen LogP contribution in [0.25, 0.3) is 85.8 Å². The van der Waals surface area contributed by atoms with Crippen molar-refractivity contribution in [1.29, 1.82) is 0 Å². The highest BCUT2D eigenvalue weighted by atomic mass is 15.0. The fourth-order valence-electron chi connectivity index (χ4n) is 8.52. The Balaban J connectivity index is 1.15. The maximum atomic E-state index is 5.37. The van der Waals surface area contributed by atoms with E-state index in [0.717, 1.165) is 50.6 Å². The summed E-state index contributed by atoms with van der Waals surface area (Å²) in [5.41, 5.74) is 16.1. The van der Waals surface area contributed by atoms with Gasteiger partial charge in [-0.3, -0.25) is 0 Å². The molecule has 0 amide bonds. The van der Waals surface area contributed by atoms with Crippen molar-refractivity contribution < 1.29 is 0 Å². The van der Waals surface area contributed by atoms with Crippen LogP contribution in [-0.2, 0) is 0 Å². The summed E-state index contributed by atoms with van der Waals surface area (Å²) >= 11 is 0. The van der Waals surface area contributed by atoms with Crippen molar-refractivity contribution in [3.05, 3.63) is 216 Å². The summed E-state index contributed by atoms with van der Waals surface area (Å²) in [6.07, 6.45) is 13.8. The Morgan fingerprint density at radius 2 is 0.793 bits per heavy atom. The fraction of sp³-hybridized carbons (Fsp3) is 0.0377. The molecule has 0 fully saturated rings. The van der Waals surface area contributed by atoms with E-state index in [1.165, 1.54) is 27.8 Å². The van der Waals surface area contributed by atoms with Gasteiger partial charge >= 0.3 is 0 Å². The maximum absolute atomic E-state index is 5.37. The number of rotatable bonds is 7. The number of nitrogens with zero attached hydrogens (tertiary/aromatic N) is 5. The van der Waals surface area contributed by atoms with Crippen LogP contribution >= 0.6 is 0 Å². The molecule has 272 valence electrons. The van der Waals surface area contributed by atoms with Gasteiger partial charge in [0.25, 0.3) is 0 Å². The first-order chi connectivity index (χ1) is 28.7. The summed E-state index contributed by atoms with van der Waals surface area (Å²) in [5.74, 6) is 1.40. The van der Waals surface area contributed by atoms with Crippen molar-refractivity contribution in [1.82, 2.24) is 24.9 Å². The van der Waals surface area contributed by atoms with E-state index >= 15 is 0 Å². The van der Waals surface area contributed by atoms with Crippen molar-refractivity contribution in [3.63, 3.8) is 0 Å². The van der Waals surface area contributed by atoms with Gasteiger partial charge in [0.05, 0.1) is 22.8 Å². The number of hydrogen-bond acceptors (Lipinski definition) is 5. The first-order valence-corrected chi connectivity index (χ1v) is 19.7. The highest BCUT2D eigenvalue weighted by Crippen LogP contribution is 2.51. The lowest BCUT2D eigenvalue weighted by Gasteiger charge is -2.38. The van der Waals surface area contributed by atoms with Crippen molar-refractivity contribution in [2.24, 2.45) is 5.92 Å². The van der Waals surface area contributed by atoms with Gasteiger partial charge in [-0.1, -0.05) is 176 Å². The molecule has 0 saturated heterocycles. The van der Waals surface area contributed by atoms with Crippen LogP contribution in [-0.4, -0.2) is 24.9 Å². The quantitative estimate of drug-likeness (QED) is 0.163. The van der Waals surface area contributed by atoms with Crippen LogP contribution in [0.3, 0.4) is 0 Å². The third-order valence-electron chi connectivity index (χ3n) is 11.3. The summed E-state index contributed by atoms with van der Waals surface area (Å²) in [4.78, 5) is 26.3. The Bertz CT molecular complexity index is 2730. The number of allylic oxidation sites excluding steroid dienone is 6. The van der Waals surface area contributed by atoms with E-state index in [-0.39, 0.29) is 11.8 Å². The zero-order valence-electron chi connectivity index (χ0n) is 31.4. The molecule has 2 unspecified atom stereocenters. The highest BCUT2D eigenvalue weighted by molar-refractivity contribution is 5.85. The summed E-state index contributed by atoms with van der Waals surface area (Å²) in [7, 11) is 0. The van der Waals surface area contributed by atoms with Crippen LogP contribution < -0.4 is 0 Å². The molecule has 0 radical (unpaired) electrons. The monoisotopic (exact) mass is 741 g/mol. The Morgan fingerprint density at radius 3 is 1.26 bits per heavy atom. The lowest BCUT2D eigenvalue weighted by Crippen LogP contribution is -2.23. The molecule has 2 atom stereocenters. The smallest absolute Gasteiger partial charge is 0.179 e. The average molecular weight is 742 g/mol. The molecule has 3 aliphatic carbocycles. The SMILES string of the molecule is C1=Cc2cccc3c2C2C1=CC=C(c1cc(-c4nc(-c5ccccc5)cc(-c5ccccc5)n4)nc(-c4nc(-c5ccccc5)cc(-c5ccccc5)n4)c1)C2C=C3. The molecular weight excluding hydrogens is 707 g/mol. The molecule has 58 heavy (non-hydrogen) atoms. The Labute approximate surface area is 337 Å². The van der Waals surface area contributed by atoms with E-state index < -0.39 is 0 Å². The highest BCUT2D eigenvalue weighted by Gasteiger charge is 2.36. The first-order valence-electron chi connectivity index (χ1n) is 19.7. The molecule has 3 heterocycles. The predicted octanol–water partition coefficient (Wildman–Crippen LogP) is 12.4. The van der Waals surface area contributed by atoms with Crippen LogP contribution in [0, 0.1) is 5.92 Å². The van der Waals surface area contributed by atoms with Gasteiger partial charge in [0, 0.05) is 34.1 Å². The Kier molecular flexibility index (Phi) is 8.21. The van der Waals surface area contributed by atoms with E-state index in [2.05, 4.69) is 127 Å². The molecule has 3 aliphatic rings. The fourth-order valence-corrected chi connectivity index (χ4v) is 8.52. The molecule has 3 aromatic heterocycles. The molecule has 8 aromatic rings. The van der Waals surface area contributed by atoms with E-state index in [1.54, 1.807) is 0 Å². The Hall–Kier alpha value is -7.63. The van der Waals surface area contributed by atoms with Crippen molar-refractivity contribution >= 4 is 17.7 Å². The molecule has 0 saturated carbocycles. The molecule has 0 N–H and O–H groups in total. The zero-order chi connectivity index (χ0) is 38.4. The van der Waals surface area contributed by atoms with Crippen molar-refractivity contribution in [2.45, 2.75) is 5.92 Å². The minimum atomic E-state index is 0.120. The minimum absolute atomic E-state index is 0.120. The standard InChI is InChI=1S/C53H35N5/c1-5-14-34(15-6-1)44-32-45(35-16-7-2-8-17-35)56-52(55-44)48-30-41(42-28-26-40-25-24-38-22-13-23-39-27-29-43(42)51(40)50(38)39)31-49(54-48)53-57-46(36-18-9-3-10-19-36)33-47(58-53)37-20-11-4-12-21-37/h1-33,43,51H. The number of aromatic nitrogens is 5. The summed E-state index contributed by atoms with van der Waals surface area (Å²) < 4.78 is 0. The van der Waals surface area contributed by atoms with E-state index in [4.69, 9.17) is 24.9 Å². The van der Waals surface area contributed by atoms with Crippen LogP contribution in [0.15, 0.2) is 194 Å². The zero-order valence-corrected chi connectivity index (χ0v) is 31.4. The van der Waals surface area contributed by atoms with Gasteiger partial charge < -0.3 is 0 Å². The molecule has 11 rings (SSSR count). The second-order valence-corrected chi connectivity index (χ2v) is 14.8. The molecular formula is C53H35N5. The molecule has 5 heteroatoms. The first kappa shape index (κ1) is 33.7. The number of benzene rings is 5. The van der Waals surface area contributed by atoms with Gasteiger partial charge in [0.15, 0.2) is 11.6 Å². The van der Waals surface area contributed by atoms with Gasteiger partial charge in [0.2, 0.25) is 0 Å². The summed E-state index contributed by atoms with van der Waals surface area (Å²) in [6.45, 7) is 0. The average Bonchev–Trinajstić information content (AvgIpc) is 3.31. The Morgan fingerprint density at radius 1 is 0.345 bits per heavy atom. The van der Waals surface area contributed by atoms with E-state index in [0.29, 0.717) is 23.0 Å². The van der Waals surface area contributed by atoms with Crippen LogP contribution in [0.1, 0.15) is 28.2 Å². The maximum Gasteiger partial charge on any atom is 0.179 e. The molecule has 0 bridgehead atoms. The third kappa shape index (κ3) is 6.10. The van der Waals surface area contributed by atoms with Gasteiger partial charge in [-0.15, -0.1) is 0 Å². The molecule has 5 aromatic carbocycles. The van der Waals surface area contributed by atoms with Gasteiger partial charge in [-0.25, -0.2) is 24.9 Å². The minimum Gasteiger partial charge on any atom is -0.241 e. The van der Waals surface area contributed by atoms with Gasteiger partial charge in [0.1, 0.15) is 11.4 Å². The molecule has 0 aliphatic heterocycles. The number of hydrogen-bond donors (Lipinski definition) is 0. The second-order valence-electron chi connectivity index (χ2n) is 14.8. The molecule has 5 nitrogen and oxygen atoms in total.